The SMILES string of the molecule is C/C=C/C(=C\Oc1ccccc1)O[Si](C)(C)C(C)(C)C. The zero-order valence-corrected chi connectivity index (χ0v) is 14.4. The molecular formula is C17H26O2Si. The van der Waals surface area contributed by atoms with Gasteiger partial charge < -0.3 is 9.16 Å². The second kappa shape index (κ2) is 6.80. The van der Waals surface area contributed by atoms with Gasteiger partial charge in [0.15, 0.2) is 0 Å². The number of ether oxygens (including phenoxy) is 1. The van der Waals surface area contributed by atoms with E-state index < -0.39 is 8.32 Å². The van der Waals surface area contributed by atoms with Crippen molar-refractivity contribution < 1.29 is 9.16 Å². The molecule has 0 saturated carbocycles. The van der Waals surface area contributed by atoms with E-state index in [1.807, 2.05) is 49.4 Å². The maximum Gasteiger partial charge on any atom is 0.250 e. The highest BCUT2D eigenvalue weighted by Crippen LogP contribution is 2.38. The first-order valence-electron chi connectivity index (χ1n) is 7.00. The van der Waals surface area contributed by atoms with Crippen LogP contribution in [0.1, 0.15) is 27.7 Å². The standard InChI is InChI=1S/C17H26O2Si/c1-7-11-16(19-20(5,6)17(2,3)4)14-18-15-12-9-8-10-13-15/h7-14H,1-6H3/b11-7+,16-14+. The van der Waals surface area contributed by atoms with E-state index in [0.717, 1.165) is 11.5 Å². The number of rotatable bonds is 5. The van der Waals surface area contributed by atoms with E-state index in [9.17, 15) is 0 Å². The topological polar surface area (TPSA) is 18.5 Å². The maximum absolute atomic E-state index is 6.25. The Morgan fingerprint density at radius 3 is 2.20 bits per heavy atom. The number of hydrogen-bond acceptors (Lipinski definition) is 2. The third-order valence-corrected chi connectivity index (χ3v) is 7.92. The van der Waals surface area contributed by atoms with Gasteiger partial charge in [0.05, 0.1) is 0 Å². The fourth-order valence-electron chi connectivity index (χ4n) is 1.33. The van der Waals surface area contributed by atoms with Crippen molar-refractivity contribution >= 4 is 8.32 Å². The van der Waals surface area contributed by atoms with Crippen LogP contribution in [0.4, 0.5) is 0 Å². The first kappa shape index (κ1) is 16.6. The molecule has 0 bridgehead atoms. The molecule has 0 N–H and O–H groups in total. The molecule has 0 spiro atoms. The predicted octanol–water partition coefficient (Wildman–Crippen LogP) is 5.50. The minimum atomic E-state index is -1.84. The van der Waals surface area contributed by atoms with Crippen LogP contribution >= 0.6 is 0 Å². The first-order valence-corrected chi connectivity index (χ1v) is 9.91. The lowest BCUT2D eigenvalue weighted by atomic mass is 10.2. The molecule has 3 heteroatoms. The minimum absolute atomic E-state index is 0.167. The van der Waals surface area contributed by atoms with Crippen molar-refractivity contribution in [2.75, 3.05) is 0 Å². The first-order chi connectivity index (χ1) is 9.26. The lowest BCUT2D eigenvalue weighted by molar-refractivity contribution is 0.368. The van der Waals surface area contributed by atoms with Crippen LogP contribution in [0.3, 0.4) is 0 Å². The van der Waals surface area contributed by atoms with Crippen molar-refractivity contribution in [3.8, 4) is 5.75 Å². The van der Waals surface area contributed by atoms with Crippen LogP contribution in [0.5, 0.6) is 5.75 Å². The molecule has 1 aromatic carbocycles. The molecule has 110 valence electrons. The van der Waals surface area contributed by atoms with E-state index in [2.05, 4.69) is 33.9 Å². The summed E-state index contributed by atoms with van der Waals surface area (Å²) >= 11 is 0. The summed E-state index contributed by atoms with van der Waals surface area (Å²) in [5, 5.41) is 0.167. The Bertz CT molecular complexity index is 468. The third kappa shape index (κ3) is 4.89. The van der Waals surface area contributed by atoms with Gasteiger partial charge in [0.1, 0.15) is 17.8 Å². The van der Waals surface area contributed by atoms with Crippen LogP contribution in [-0.4, -0.2) is 8.32 Å². The van der Waals surface area contributed by atoms with Crippen molar-refractivity contribution in [1.82, 2.24) is 0 Å². The molecule has 1 aromatic rings. The molecule has 0 saturated heterocycles. The Morgan fingerprint density at radius 1 is 1.10 bits per heavy atom. The Hall–Kier alpha value is -1.48. The zero-order valence-electron chi connectivity index (χ0n) is 13.4. The van der Waals surface area contributed by atoms with Gasteiger partial charge >= 0.3 is 0 Å². The predicted molar refractivity (Wildman–Crippen MR) is 88.2 cm³/mol. The van der Waals surface area contributed by atoms with Crippen LogP contribution in [0, 0.1) is 0 Å². The summed E-state index contributed by atoms with van der Waals surface area (Å²) in [6, 6.07) is 9.72. The molecule has 0 radical (unpaired) electrons. The van der Waals surface area contributed by atoms with E-state index in [0.29, 0.717) is 0 Å². The number of hydrogen-bond donors (Lipinski definition) is 0. The van der Waals surface area contributed by atoms with E-state index in [-0.39, 0.29) is 5.04 Å². The van der Waals surface area contributed by atoms with Crippen molar-refractivity contribution in [3.05, 3.63) is 54.5 Å². The normalized spacial score (nSPS) is 13.6. The lowest BCUT2D eigenvalue weighted by Crippen LogP contribution is -2.40. The fraction of sp³-hybridized carbons (Fsp3) is 0.412. The molecule has 1 rings (SSSR count). The molecule has 0 fully saturated rings. The zero-order chi connectivity index (χ0) is 15.2. The van der Waals surface area contributed by atoms with Crippen LogP contribution in [0.25, 0.3) is 0 Å². The van der Waals surface area contributed by atoms with E-state index in [1.54, 1.807) is 6.26 Å². The largest absolute Gasteiger partial charge is 0.541 e. The number of para-hydroxylation sites is 1. The summed E-state index contributed by atoms with van der Waals surface area (Å²) < 4.78 is 11.9. The van der Waals surface area contributed by atoms with Gasteiger partial charge in [-0.25, -0.2) is 0 Å². The highest BCUT2D eigenvalue weighted by molar-refractivity contribution is 6.74. The van der Waals surface area contributed by atoms with Gasteiger partial charge in [-0.1, -0.05) is 45.0 Å². The molecule has 0 aliphatic heterocycles. The van der Waals surface area contributed by atoms with Crippen molar-refractivity contribution in [2.24, 2.45) is 0 Å². The second-order valence-corrected chi connectivity index (χ2v) is 11.0. The second-order valence-electron chi connectivity index (χ2n) is 6.31. The molecular weight excluding hydrogens is 264 g/mol. The highest BCUT2D eigenvalue weighted by Gasteiger charge is 2.39. The van der Waals surface area contributed by atoms with Gasteiger partial charge in [-0.05, 0) is 43.3 Å². The van der Waals surface area contributed by atoms with Crippen molar-refractivity contribution in [2.45, 2.75) is 45.8 Å². The smallest absolute Gasteiger partial charge is 0.250 e. The molecule has 0 heterocycles. The molecule has 0 amide bonds. The van der Waals surface area contributed by atoms with E-state index in [1.165, 1.54) is 0 Å². The van der Waals surface area contributed by atoms with Crippen molar-refractivity contribution in [1.29, 1.82) is 0 Å². The van der Waals surface area contributed by atoms with Gasteiger partial charge in [0, 0.05) is 0 Å². The summed E-state index contributed by atoms with van der Waals surface area (Å²) in [6.45, 7) is 13.1. The number of allylic oxidation sites excluding steroid dienone is 2. The maximum atomic E-state index is 6.25. The van der Waals surface area contributed by atoms with E-state index >= 15 is 0 Å². The Kier molecular flexibility index (Phi) is 5.63. The average Bonchev–Trinajstić information content (AvgIpc) is 2.36. The monoisotopic (exact) mass is 290 g/mol. The van der Waals surface area contributed by atoms with Crippen LogP contribution in [0.15, 0.2) is 54.5 Å². The summed E-state index contributed by atoms with van der Waals surface area (Å²) in [5.74, 6) is 1.59. The Morgan fingerprint density at radius 2 is 1.70 bits per heavy atom. The van der Waals surface area contributed by atoms with Crippen LogP contribution < -0.4 is 4.74 Å². The number of benzene rings is 1. The molecule has 2 nitrogen and oxygen atoms in total. The molecule has 20 heavy (non-hydrogen) atoms. The molecule has 0 aliphatic rings. The molecule has 0 atom stereocenters. The van der Waals surface area contributed by atoms with Gasteiger partial charge in [-0.2, -0.15) is 0 Å². The summed E-state index contributed by atoms with van der Waals surface area (Å²) in [5.41, 5.74) is 0. The minimum Gasteiger partial charge on any atom is -0.541 e. The van der Waals surface area contributed by atoms with Crippen LogP contribution in [0.2, 0.25) is 18.1 Å². The Labute approximate surface area is 124 Å². The van der Waals surface area contributed by atoms with Crippen molar-refractivity contribution in [3.63, 3.8) is 0 Å². The van der Waals surface area contributed by atoms with Gasteiger partial charge in [-0.3, -0.25) is 0 Å². The third-order valence-electron chi connectivity index (χ3n) is 3.56. The highest BCUT2D eigenvalue weighted by atomic mass is 28.4. The van der Waals surface area contributed by atoms with Gasteiger partial charge in [-0.15, -0.1) is 0 Å². The fourth-order valence-corrected chi connectivity index (χ4v) is 2.35. The molecule has 0 aromatic heterocycles. The average molecular weight is 290 g/mol. The lowest BCUT2D eigenvalue weighted by Gasteiger charge is -2.36. The van der Waals surface area contributed by atoms with E-state index in [4.69, 9.17) is 9.16 Å². The molecule has 0 aliphatic carbocycles. The summed E-state index contributed by atoms with van der Waals surface area (Å²) in [7, 11) is -1.84. The Balaban J connectivity index is 2.85. The van der Waals surface area contributed by atoms with Crippen LogP contribution in [-0.2, 0) is 4.43 Å². The van der Waals surface area contributed by atoms with Gasteiger partial charge in [0.2, 0.25) is 0 Å². The quantitative estimate of drug-likeness (QED) is 0.405. The summed E-state index contributed by atoms with van der Waals surface area (Å²) in [6.07, 6.45) is 5.60. The molecule has 0 unspecified atom stereocenters. The summed E-state index contributed by atoms with van der Waals surface area (Å²) in [4.78, 5) is 0. The van der Waals surface area contributed by atoms with Gasteiger partial charge in [0.25, 0.3) is 8.32 Å².